The monoisotopic (exact) mass is 544 g/mol. The van der Waals surface area contributed by atoms with Crippen LogP contribution in [0.5, 0.6) is 0 Å². The Morgan fingerprint density at radius 1 is 1.00 bits per heavy atom. The number of Topliss-reactive ketones (excluding diaryl/α,β-unsaturated/α-hetero) is 1. The molecular formula is C28H21BrN2O5. The molecule has 5 rings (SSSR count). The van der Waals surface area contributed by atoms with Crippen molar-refractivity contribution in [1.29, 1.82) is 0 Å². The van der Waals surface area contributed by atoms with E-state index in [4.69, 9.17) is 15.2 Å². The molecule has 2 aliphatic heterocycles. The number of ketones is 1. The molecule has 7 nitrogen and oxygen atoms in total. The molecule has 1 unspecified atom stereocenters. The van der Waals surface area contributed by atoms with Crippen LogP contribution in [0.25, 0.3) is 0 Å². The van der Waals surface area contributed by atoms with E-state index >= 15 is 0 Å². The highest BCUT2D eigenvalue weighted by Gasteiger charge is 2.61. The second-order valence-electron chi connectivity index (χ2n) is 8.42. The zero-order chi connectivity index (χ0) is 25.4. The third-order valence-electron chi connectivity index (χ3n) is 6.27. The van der Waals surface area contributed by atoms with Crippen LogP contribution in [0.1, 0.15) is 28.4 Å². The molecule has 8 heteroatoms. The summed E-state index contributed by atoms with van der Waals surface area (Å²) in [6, 6.07) is 22.8. The lowest BCUT2D eigenvalue weighted by atomic mass is 9.66. The number of halogens is 1. The Balaban J connectivity index is 1.70. The molecule has 0 bridgehead atoms. The number of anilines is 1. The zero-order valence-corrected chi connectivity index (χ0v) is 20.8. The minimum absolute atomic E-state index is 0.00362. The zero-order valence-electron chi connectivity index (χ0n) is 19.2. The van der Waals surface area contributed by atoms with Gasteiger partial charge in [-0.3, -0.25) is 9.59 Å². The Hall–Kier alpha value is -4.17. The largest absolute Gasteiger partial charge is 0.457 e. The van der Waals surface area contributed by atoms with Gasteiger partial charge < -0.3 is 20.5 Å². The summed E-state index contributed by atoms with van der Waals surface area (Å²) in [4.78, 5) is 41.4. The second kappa shape index (κ2) is 9.13. The minimum Gasteiger partial charge on any atom is -0.457 e. The summed E-state index contributed by atoms with van der Waals surface area (Å²) in [6.07, 6.45) is 0. The first-order valence-corrected chi connectivity index (χ1v) is 11.9. The maximum atomic E-state index is 13.9. The van der Waals surface area contributed by atoms with Crippen LogP contribution in [0.15, 0.2) is 106 Å². The summed E-state index contributed by atoms with van der Waals surface area (Å²) in [5.74, 6) is -2.07. The first kappa shape index (κ1) is 23.6. The Bertz CT molecular complexity index is 1460. The topological polar surface area (TPSA) is 108 Å². The van der Waals surface area contributed by atoms with Crippen molar-refractivity contribution in [2.75, 3.05) is 5.32 Å². The van der Waals surface area contributed by atoms with Crippen LogP contribution < -0.4 is 11.1 Å². The van der Waals surface area contributed by atoms with Crippen LogP contribution in [-0.2, 0) is 31.1 Å². The number of amides is 1. The van der Waals surface area contributed by atoms with Crippen LogP contribution in [0, 0.1) is 0 Å². The Morgan fingerprint density at radius 3 is 2.36 bits per heavy atom. The number of ether oxygens (including phenoxy) is 2. The first-order chi connectivity index (χ1) is 17.3. The van der Waals surface area contributed by atoms with E-state index in [0.29, 0.717) is 21.3 Å². The van der Waals surface area contributed by atoms with Gasteiger partial charge >= 0.3 is 5.97 Å². The van der Waals surface area contributed by atoms with E-state index in [1.54, 1.807) is 67.6 Å². The number of hydrogen-bond acceptors (Lipinski definition) is 6. The molecule has 0 saturated heterocycles. The van der Waals surface area contributed by atoms with Gasteiger partial charge in [-0.25, -0.2) is 4.79 Å². The number of carbonyl (C=O) groups is 3. The van der Waals surface area contributed by atoms with Gasteiger partial charge in [0.15, 0.2) is 5.78 Å². The molecule has 3 aromatic rings. The number of fused-ring (bicyclic) bond motifs is 2. The van der Waals surface area contributed by atoms with Gasteiger partial charge in [0, 0.05) is 21.3 Å². The molecule has 0 fully saturated rings. The number of benzene rings is 3. The van der Waals surface area contributed by atoms with Gasteiger partial charge in [-0.1, -0.05) is 76.6 Å². The van der Waals surface area contributed by atoms with Gasteiger partial charge in [-0.2, -0.15) is 0 Å². The Morgan fingerprint density at radius 2 is 1.67 bits per heavy atom. The van der Waals surface area contributed by atoms with Gasteiger partial charge in [0.1, 0.15) is 23.4 Å². The standard InChI is InChI=1S/C28H21BrN2O5/c1-16-22(24(32)18-10-6-3-7-11-18)28(20-14-19(29)12-13-21(20)31-27(28)34)23(25(30)36-16)26(33)35-15-17-8-4-2-5-9-17/h2-14H,15,30H2,1H3,(H,31,34). The maximum Gasteiger partial charge on any atom is 0.341 e. The Kier molecular flexibility index (Phi) is 5.97. The molecule has 3 aromatic carbocycles. The Labute approximate surface area is 215 Å². The SMILES string of the molecule is CC1=C(C(=O)c2ccccc2)C2(C(=O)Nc3ccc(Br)cc32)C(C(=O)OCc2ccccc2)=C(N)O1. The average Bonchev–Trinajstić information content (AvgIpc) is 3.14. The lowest BCUT2D eigenvalue weighted by molar-refractivity contribution is -0.142. The summed E-state index contributed by atoms with van der Waals surface area (Å²) < 4.78 is 12.0. The highest BCUT2D eigenvalue weighted by Crippen LogP contribution is 2.53. The number of nitrogens with one attached hydrogen (secondary N) is 1. The van der Waals surface area contributed by atoms with E-state index in [-0.39, 0.29) is 29.4 Å². The van der Waals surface area contributed by atoms with Crippen LogP contribution in [-0.4, -0.2) is 17.7 Å². The van der Waals surface area contributed by atoms with Gasteiger partial charge in [0.05, 0.1) is 5.57 Å². The van der Waals surface area contributed by atoms with Crippen LogP contribution in [0.4, 0.5) is 5.69 Å². The number of allylic oxidation sites excluding steroid dienone is 1. The molecule has 2 heterocycles. The van der Waals surface area contributed by atoms with Gasteiger partial charge in [0.25, 0.3) is 0 Å². The van der Waals surface area contributed by atoms with E-state index in [9.17, 15) is 14.4 Å². The fourth-order valence-electron chi connectivity index (χ4n) is 4.72. The maximum absolute atomic E-state index is 13.9. The average molecular weight is 545 g/mol. The first-order valence-electron chi connectivity index (χ1n) is 11.2. The third kappa shape index (κ3) is 3.70. The highest BCUT2D eigenvalue weighted by molar-refractivity contribution is 9.10. The normalized spacial score (nSPS) is 18.6. The van der Waals surface area contributed by atoms with Crippen molar-refractivity contribution in [3.63, 3.8) is 0 Å². The number of hydrogen-bond donors (Lipinski definition) is 2. The lowest BCUT2D eigenvalue weighted by Gasteiger charge is -2.36. The molecule has 1 spiro atoms. The van der Waals surface area contributed by atoms with Crippen molar-refractivity contribution >= 4 is 39.3 Å². The van der Waals surface area contributed by atoms with Crippen LogP contribution >= 0.6 is 15.9 Å². The van der Waals surface area contributed by atoms with Crippen molar-refractivity contribution in [2.45, 2.75) is 18.9 Å². The molecule has 1 amide bonds. The number of esters is 1. The summed E-state index contributed by atoms with van der Waals surface area (Å²) in [5, 5.41) is 2.82. The van der Waals surface area contributed by atoms with Crippen molar-refractivity contribution in [2.24, 2.45) is 5.73 Å². The molecule has 36 heavy (non-hydrogen) atoms. The molecule has 180 valence electrons. The fourth-order valence-corrected chi connectivity index (χ4v) is 5.09. The quantitative estimate of drug-likeness (QED) is 0.354. The molecule has 0 saturated carbocycles. The van der Waals surface area contributed by atoms with Crippen molar-refractivity contribution < 1.29 is 23.9 Å². The smallest absolute Gasteiger partial charge is 0.341 e. The van der Waals surface area contributed by atoms with Crippen molar-refractivity contribution in [3.8, 4) is 0 Å². The van der Waals surface area contributed by atoms with Crippen LogP contribution in [0.2, 0.25) is 0 Å². The predicted octanol–water partition coefficient (Wildman–Crippen LogP) is 4.74. The van der Waals surface area contributed by atoms with Crippen molar-refractivity contribution in [1.82, 2.24) is 0 Å². The van der Waals surface area contributed by atoms with Gasteiger partial charge in [0.2, 0.25) is 11.8 Å². The summed E-state index contributed by atoms with van der Waals surface area (Å²) in [5.41, 5.74) is 6.11. The summed E-state index contributed by atoms with van der Waals surface area (Å²) >= 11 is 3.45. The number of nitrogens with two attached hydrogens (primary N) is 1. The molecule has 2 aliphatic rings. The van der Waals surface area contributed by atoms with Crippen molar-refractivity contribution in [3.05, 3.63) is 123 Å². The molecular weight excluding hydrogens is 524 g/mol. The van der Waals surface area contributed by atoms with E-state index in [2.05, 4.69) is 21.2 Å². The summed E-state index contributed by atoms with van der Waals surface area (Å²) in [6.45, 7) is 1.50. The fraction of sp³-hybridized carbons (Fsp3) is 0.107. The number of carbonyl (C=O) groups excluding carboxylic acids is 3. The highest BCUT2D eigenvalue weighted by atomic mass is 79.9. The molecule has 3 N–H and O–H groups in total. The third-order valence-corrected chi connectivity index (χ3v) is 6.76. The van der Waals surface area contributed by atoms with E-state index in [1.807, 2.05) is 18.2 Å². The molecule has 0 radical (unpaired) electrons. The molecule has 0 aromatic heterocycles. The predicted molar refractivity (Wildman–Crippen MR) is 136 cm³/mol. The lowest BCUT2D eigenvalue weighted by Crippen LogP contribution is -2.48. The van der Waals surface area contributed by atoms with Gasteiger partial charge in [-0.05, 0) is 30.7 Å². The van der Waals surface area contributed by atoms with E-state index in [0.717, 1.165) is 5.56 Å². The minimum atomic E-state index is -1.87. The molecule has 0 aliphatic carbocycles. The summed E-state index contributed by atoms with van der Waals surface area (Å²) in [7, 11) is 0. The van der Waals surface area contributed by atoms with Crippen LogP contribution in [0.3, 0.4) is 0 Å². The second-order valence-corrected chi connectivity index (χ2v) is 9.34. The van der Waals surface area contributed by atoms with Gasteiger partial charge in [-0.15, -0.1) is 0 Å². The van der Waals surface area contributed by atoms with E-state index < -0.39 is 23.1 Å². The van der Waals surface area contributed by atoms with E-state index in [1.165, 1.54) is 0 Å². The number of rotatable bonds is 5. The molecule has 1 atom stereocenters.